The summed E-state index contributed by atoms with van der Waals surface area (Å²) in [5.74, 6) is -1.38. The number of hydrogen-bond donors (Lipinski definition) is 0. The van der Waals surface area contributed by atoms with E-state index in [1.54, 1.807) is 57.2 Å². The molecule has 0 aromatic heterocycles. The molecule has 2 amide bonds. The highest BCUT2D eigenvalue weighted by Crippen LogP contribution is 2.26. The Morgan fingerprint density at radius 1 is 0.970 bits per heavy atom. The molecule has 1 aliphatic rings. The maximum absolute atomic E-state index is 13.3. The van der Waals surface area contributed by atoms with Gasteiger partial charge in [-0.25, -0.2) is 8.42 Å². The fourth-order valence-corrected chi connectivity index (χ4v) is 5.51. The van der Waals surface area contributed by atoms with Crippen molar-refractivity contribution in [3.63, 3.8) is 0 Å². The predicted octanol–water partition coefficient (Wildman–Crippen LogP) is 3.95. The number of sulfone groups is 1. The van der Waals surface area contributed by atoms with Crippen molar-refractivity contribution in [3.05, 3.63) is 65.2 Å². The van der Waals surface area contributed by atoms with Crippen LogP contribution < -0.4 is 0 Å². The first-order chi connectivity index (χ1) is 15.4. The van der Waals surface area contributed by atoms with E-state index >= 15 is 0 Å². The van der Waals surface area contributed by atoms with E-state index in [4.69, 9.17) is 4.74 Å². The first kappa shape index (κ1) is 24.6. The monoisotopic (exact) mass is 471 g/mol. The standard InChI is InChI=1S/C25H29NO6S/c1-17-11-13-18(14-12-17)33(30,31)19(16-22(27)32-25(2,3)4)8-7-15-26-23(28)20-9-5-6-10-21(20)24(26)29/h5-6,9-14,19H,7-8,15-16H2,1-4H3. The van der Waals surface area contributed by atoms with E-state index in [0.717, 1.165) is 10.5 Å². The second kappa shape index (κ2) is 9.47. The Kier molecular flexibility index (Phi) is 7.07. The molecule has 176 valence electrons. The number of rotatable bonds is 8. The molecule has 0 bridgehead atoms. The van der Waals surface area contributed by atoms with Crippen LogP contribution >= 0.6 is 0 Å². The Bertz CT molecular complexity index is 1130. The number of esters is 1. The lowest BCUT2D eigenvalue weighted by Gasteiger charge is -2.23. The Morgan fingerprint density at radius 3 is 2.03 bits per heavy atom. The second-order valence-corrected chi connectivity index (χ2v) is 11.4. The molecule has 0 saturated heterocycles. The van der Waals surface area contributed by atoms with Crippen LogP contribution in [0, 0.1) is 6.92 Å². The van der Waals surface area contributed by atoms with E-state index < -0.39 is 26.7 Å². The zero-order chi connectivity index (χ0) is 24.4. The molecule has 8 heteroatoms. The number of benzene rings is 2. The third-order valence-corrected chi connectivity index (χ3v) is 7.60. The molecule has 2 aromatic rings. The number of hydrogen-bond acceptors (Lipinski definition) is 6. The largest absolute Gasteiger partial charge is 0.460 e. The highest BCUT2D eigenvalue weighted by atomic mass is 32.2. The molecule has 1 unspecified atom stereocenters. The molecule has 0 fully saturated rings. The van der Waals surface area contributed by atoms with Gasteiger partial charge in [0.05, 0.1) is 27.7 Å². The summed E-state index contributed by atoms with van der Waals surface area (Å²) in [5, 5.41) is -1.04. The average Bonchev–Trinajstić information content (AvgIpc) is 2.97. The first-order valence-corrected chi connectivity index (χ1v) is 12.4. The van der Waals surface area contributed by atoms with Crippen LogP contribution in [0.25, 0.3) is 0 Å². The minimum Gasteiger partial charge on any atom is -0.460 e. The molecule has 1 aliphatic heterocycles. The van der Waals surface area contributed by atoms with Crippen LogP contribution in [0.4, 0.5) is 0 Å². The fourth-order valence-electron chi connectivity index (χ4n) is 3.78. The Morgan fingerprint density at radius 2 is 1.52 bits per heavy atom. The van der Waals surface area contributed by atoms with Crippen molar-refractivity contribution in [2.75, 3.05) is 6.54 Å². The predicted molar refractivity (Wildman–Crippen MR) is 124 cm³/mol. The first-order valence-electron chi connectivity index (χ1n) is 10.9. The molecule has 1 atom stereocenters. The lowest BCUT2D eigenvalue weighted by Crippen LogP contribution is -2.33. The molecule has 0 radical (unpaired) electrons. The van der Waals surface area contributed by atoms with Gasteiger partial charge in [-0.05, 0) is 64.8 Å². The molecule has 7 nitrogen and oxygen atoms in total. The molecular weight excluding hydrogens is 442 g/mol. The number of imide groups is 1. The van der Waals surface area contributed by atoms with Crippen LogP contribution in [0.15, 0.2) is 53.4 Å². The van der Waals surface area contributed by atoms with Crippen LogP contribution in [0.5, 0.6) is 0 Å². The number of fused-ring (bicyclic) bond motifs is 1. The van der Waals surface area contributed by atoms with Gasteiger partial charge in [0.2, 0.25) is 0 Å². The summed E-state index contributed by atoms with van der Waals surface area (Å²) < 4.78 is 32.0. The summed E-state index contributed by atoms with van der Waals surface area (Å²) in [6.07, 6.45) is 0.0302. The summed E-state index contributed by atoms with van der Waals surface area (Å²) in [7, 11) is -3.83. The lowest BCUT2D eigenvalue weighted by atomic mass is 10.1. The number of amides is 2. The Labute approximate surface area is 194 Å². The summed E-state index contributed by atoms with van der Waals surface area (Å²) in [4.78, 5) is 38.9. The van der Waals surface area contributed by atoms with Crippen LogP contribution in [0.2, 0.25) is 0 Å². The SMILES string of the molecule is Cc1ccc(S(=O)(=O)C(CCCN2C(=O)c3ccccc3C2=O)CC(=O)OC(C)(C)C)cc1. The zero-order valence-corrected chi connectivity index (χ0v) is 20.1. The minimum absolute atomic E-state index is 0.0700. The van der Waals surface area contributed by atoms with Crippen LogP contribution in [-0.2, 0) is 19.4 Å². The zero-order valence-electron chi connectivity index (χ0n) is 19.3. The smallest absolute Gasteiger partial charge is 0.307 e. The summed E-state index contributed by atoms with van der Waals surface area (Å²) >= 11 is 0. The van der Waals surface area contributed by atoms with Gasteiger partial charge in [-0.3, -0.25) is 19.3 Å². The Balaban J connectivity index is 1.76. The van der Waals surface area contributed by atoms with E-state index in [-0.39, 0.29) is 42.5 Å². The van der Waals surface area contributed by atoms with Crippen molar-refractivity contribution in [2.45, 2.75) is 62.7 Å². The summed E-state index contributed by atoms with van der Waals surface area (Å²) in [5.41, 5.74) is 0.874. The average molecular weight is 472 g/mol. The Hall–Kier alpha value is -3.00. The third kappa shape index (κ3) is 5.68. The lowest BCUT2D eigenvalue weighted by molar-refractivity contribution is -0.154. The summed E-state index contributed by atoms with van der Waals surface area (Å²) in [6, 6.07) is 13.0. The number of carbonyl (C=O) groups excluding carboxylic acids is 3. The molecule has 0 spiro atoms. The van der Waals surface area contributed by atoms with Crippen molar-refractivity contribution >= 4 is 27.6 Å². The molecule has 33 heavy (non-hydrogen) atoms. The van der Waals surface area contributed by atoms with E-state index in [1.807, 2.05) is 6.92 Å². The minimum atomic E-state index is -3.83. The van der Waals surface area contributed by atoms with Gasteiger partial charge in [0.25, 0.3) is 11.8 Å². The van der Waals surface area contributed by atoms with Crippen molar-refractivity contribution in [1.29, 1.82) is 0 Å². The quantitative estimate of drug-likeness (QED) is 0.427. The van der Waals surface area contributed by atoms with Gasteiger partial charge in [-0.15, -0.1) is 0 Å². The normalized spacial score (nSPS) is 14.8. The third-order valence-electron chi connectivity index (χ3n) is 5.39. The van der Waals surface area contributed by atoms with Gasteiger partial charge >= 0.3 is 5.97 Å². The molecule has 0 N–H and O–H groups in total. The van der Waals surface area contributed by atoms with Crippen molar-refractivity contribution in [3.8, 4) is 0 Å². The van der Waals surface area contributed by atoms with Gasteiger partial charge in [0.1, 0.15) is 5.60 Å². The van der Waals surface area contributed by atoms with E-state index in [0.29, 0.717) is 11.1 Å². The molecule has 1 heterocycles. The molecule has 0 aliphatic carbocycles. The molecule has 2 aromatic carbocycles. The van der Waals surface area contributed by atoms with Gasteiger partial charge in [0.15, 0.2) is 9.84 Å². The number of carbonyl (C=O) groups is 3. The van der Waals surface area contributed by atoms with E-state index in [2.05, 4.69) is 0 Å². The van der Waals surface area contributed by atoms with Gasteiger partial charge in [-0.2, -0.15) is 0 Å². The maximum atomic E-state index is 13.3. The fraction of sp³-hybridized carbons (Fsp3) is 0.400. The van der Waals surface area contributed by atoms with Gasteiger partial charge in [-0.1, -0.05) is 29.8 Å². The van der Waals surface area contributed by atoms with E-state index in [1.165, 1.54) is 12.1 Å². The van der Waals surface area contributed by atoms with Crippen LogP contribution in [-0.4, -0.2) is 48.5 Å². The highest BCUT2D eigenvalue weighted by molar-refractivity contribution is 7.92. The van der Waals surface area contributed by atoms with Crippen molar-refractivity contribution in [1.82, 2.24) is 4.90 Å². The molecule has 0 saturated carbocycles. The van der Waals surface area contributed by atoms with Crippen molar-refractivity contribution in [2.24, 2.45) is 0 Å². The molecular formula is C25H29NO6S. The number of aryl methyl sites for hydroxylation is 1. The van der Waals surface area contributed by atoms with Gasteiger partial charge < -0.3 is 4.74 Å². The molecule has 3 rings (SSSR count). The van der Waals surface area contributed by atoms with Crippen LogP contribution in [0.1, 0.15) is 66.3 Å². The number of nitrogens with zero attached hydrogens (tertiary/aromatic N) is 1. The van der Waals surface area contributed by atoms with Gasteiger partial charge in [0, 0.05) is 6.54 Å². The highest BCUT2D eigenvalue weighted by Gasteiger charge is 2.36. The maximum Gasteiger partial charge on any atom is 0.307 e. The number of ether oxygens (including phenoxy) is 1. The second-order valence-electron chi connectivity index (χ2n) is 9.22. The summed E-state index contributed by atoms with van der Waals surface area (Å²) in [6.45, 7) is 7.08. The van der Waals surface area contributed by atoms with Crippen molar-refractivity contribution < 1.29 is 27.5 Å². The topological polar surface area (TPSA) is 97.8 Å². The van der Waals surface area contributed by atoms with Crippen LogP contribution in [0.3, 0.4) is 0 Å². The van der Waals surface area contributed by atoms with E-state index in [9.17, 15) is 22.8 Å².